The van der Waals surface area contributed by atoms with E-state index >= 15 is 0 Å². The zero-order valence-electron chi connectivity index (χ0n) is 12.1. The topological polar surface area (TPSA) is 38.8 Å². The third-order valence-electron chi connectivity index (χ3n) is 4.18. The molecule has 0 unspecified atom stereocenters. The van der Waals surface area contributed by atoms with Crippen LogP contribution in [0.5, 0.6) is 0 Å². The molecule has 110 valence electrons. The molecule has 1 aromatic heterocycles. The Balaban J connectivity index is 1.66. The summed E-state index contributed by atoms with van der Waals surface area (Å²) in [5.74, 6) is -0.248. The van der Waals surface area contributed by atoms with Crippen LogP contribution < -0.4 is 0 Å². The van der Waals surface area contributed by atoms with Crippen LogP contribution in [0, 0.1) is 6.92 Å². The minimum absolute atomic E-state index is 0.158. The van der Waals surface area contributed by atoms with Crippen LogP contribution >= 0.6 is 11.3 Å². The molecule has 5 heteroatoms. The molecule has 2 aliphatic heterocycles. The van der Waals surface area contributed by atoms with E-state index in [2.05, 4.69) is 13.8 Å². The lowest BCUT2D eigenvalue weighted by atomic mass is 10.0. The highest BCUT2D eigenvalue weighted by molar-refractivity contribution is 7.14. The molecule has 1 aromatic rings. The molecule has 1 amide bonds. The van der Waals surface area contributed by atoms with E-state index in [4.69, 9.17) is 9.47 Å². The van der Waals surface area contributed by atoms with Gasteiger partial charge in [-0.15, -0.1) is 11.3 Å². The van der Waals surface area contributed by atoms with E-state index in [0.717, 1.165) is 37.2 Å². The largest absolute Gasteiger partial charge is 0.347 e. The van der Waals surface area contributed by atoms with Crippen LogP contribution in [0.3, 0.4) is 0 Å². The second-order valence-electron chi connectivity index (χ2n) is 5.47. The number of hydrogen-bond donors (Lipinski definition) is 0. The first-order chi connectivity index (χ1) is 9.63. The van der Waals surface area contributed by atoms with Crippen LogP contribution in [-0.4, -0.2) is 42.9 Å². The summed E-state index contributed by atoms with van der Waals surface area (Å²) in [5.41, 5.74) is 1.23. The Morgan fingerprint density at radius 3 is 2.55 bits per heavy atom. The van der Waals surface area contributed by atoms with Gasteiger partial charge in [-0.25, -0.2) is 0 Å². The SMILES string of the molecule is CCc1sc(C(=O)N2CCC3(CC2)OCCO3)cc1C. The van der Waals surface area contributed by atoms with E-state index in [-0.39, 0.29) is 5.91 Å². The number of rotatable bonds is 2. The molecule has 2 aliphatic rings. The summed E-state index contributed by atoms with van der Waals surface area (Å²) in [6.07, 6.45) is 2.56. The molecular weight excluding hydrogens is 274 g/mol. The summed E-state index contributed by atoms with van der Waals surface area (Å²) in [6.45, 7) is 7.01. The van der Waals surface area contributed by atoms with Crippen molar-refractivity contribution < 1.29 is 14.3 Å². The predicted octanol–water partition coefficient (Wildman–Crippen LogP) is 2.60. The van der Waals surface area contributed by atoms with Crippen LogP contribution in [0.2, 0.25) is 0 Å². The van der Waals surface area contributed by atoms with Crippen LogP contribution in [0.15, 0.2) is 6.07 Å². The van der Waals surface area contributed by atoms with Gasteiger partial charge in [0.1, 0.15) is 0 Å². The van der Waals surface area contributed by atoms with Crippen LogP contribution in [0.25, 0.3) is 0 Å². The lowest BCUT2D eigenvalue weighted by Crippen LogP contribution is -2.47. The Hall–Kier alpha value is -0.910. The van der Waals surface area contributed by atoms with Crippen LogP contribution in [-0.2, 0) is 15.9 Å². The summed E-state index contributed by atoms with van der Waals surface area (Å²) >= 11 is 1.63. The molecule has 0 atom stereocenters. The van der Waals surface area contributed by atoms with Gasteiger partial charge in [0.25, 0.3) is 5.91 Å². The Kier molecular flexibility index (Phi) is 3.84. The van der Waals surface area contributed by atoms with Crippen LogP contribution in [0.1, 0.15) is 39.9 Å². The summed E-state index contributed by atoms with van der Waals surface area (Å²) in [7, 11) is 0. The first kappa shape index (κ1) is 14.0. The first-order valence-electron chi connectivity index (χ1n) is 7.30. The molecule has 0 aromatic carbocycles. The second-order valence-corrected chi connectivity index (χ2v) is 6.61. The minimum atomic E-state index is -0.406. The quantitative estimate of drug-likeness (QED) is 0.842. The van der Waals surface area contributed by atoms with Crippen molar-refractivity contribution in [1.29, 1.82) is 0 Å². The summed E-state index contributed by atoms with van der Waals surface area (Å²) in [4.78, 5) is 16.6. The number of carbonyl (C=O) groups excluding carboxylic acids is 1. The third-order valence-corrected chi connectivity index (χ3v) is 5.55. The summed E-state index contributed by atoms with van der Waals surface area (Å²) in [5, 5.41) is 0. The van der Waals surface area contributed by atoms with Gasteiger partial charge in [-0.05, 0) is 25.0 Å². The van der Waals surface area contributed by atoms with Gasteiger partial charge >= 0.3 is 0 Å². The smallest absolute Gasteiger partial charge is 0.263 e. The first-order valence-corrected chi connectivity index (χ1v) is 8.12. The minimum Gasteiger partial charge on any atom is -0.347 e. The summed E-state index contributed by atoms with van der Waals surface area (Å²) < 4.78 is 11.4. The molecule has 20 heavy (non-hydrogen) atoms. The number of amides is 1. The number of ether oxygens (including phenoxy) is 2. The van der Waals surface area contributed by atoms with Gasteiger partial charge in [-0.1, -0.05) is 6.92 Å². The van der Waals surface area contributed by atoms with Gasteiger partial charge < -0.3 is 14.4 Å². The molecule has 1 spiro atoms. The molecular formula is C15H21NO3S. The average molecular weight is 295 g/mol. The number of likely N-dealkylation sites (tertiary alicyclic amines) is 1. The van der Waals surface area contributed by atoms with Crippen molar-refractivity contribution in [3.63, 3.8) is 0 Å². The van der Waals surface area contributed by atoms with Gasteiger partial charge in [0.05, 0.1) is 18.1 Å². The Morgan fingerprint density at radius 1 is 1.35 bits per heavy atom. The van der Waals surface area contributed by atoms with Gasteiger partial charge in [0, 0.05) is 30.8 Å². The fourth-order valence-corrected chi connectivity index (χ4v) is 4.05. The maximum absolute atomic E-state index is 12.5. The molecule has 0 bridgehead atoms. The van der Waals surface area contributed by atoms with Crippen molar-refractivity contribution in [3.8, 4) is 0 Å². The number of carbonyl (C=O) groups is 1. The Labute approximate surface area is 123 Å². The average Bonchev–Trinajstić information content (AvgIpc) is 3.06. The second kappa shape index (κ2) is 5.47. The highest BCUT2D eigenvalue weighted by Crippen LogP contribution is 2.32. The molecule has 0 aliphatic carbocycles. The number of nitrogens with zero attached hydrogens (tertiary/aromatic N) is 1. The van der Waals surface area contributed by atoms with E-state index in [1.165, 1.54) is 10.4 Å². The number of thiophene rings is 1. The molecule has 0 radical (unpaired) electrons. The predicted molar refractivity (Wildman–Crippen MR) is 78.2 cm³/mol. The maximum Gasteiger partial charge on any atom is 0.263 e. The zero-order chi connectivity index (χ0) is 14.2. The Morgan fingerprint density at radius 2 is 2.00 bits per heavy atom. The van der Waals surface area contributed by atoms with E-state index in [9.17, 15) is 4.79 Å². The molecule has 3 rings (SSSR count). The molecule has 3 heterocycles. The van der Waals surface area contributed by atoms with Gasteiger partial charge in [-0.2, -0.15) is 0 Å². The van der Waals surface area contributed by atoms with Crippen LogP contribution in [0.4, 0.5) is 0 Å². The van der Waals surface area contributed by atoms with E-state index < -0.39 is 5.79 Å². The lowest BCUT2D eigenvalue weighted by molar-refractivity contribution is -0.181. The Bertz CT molecular complexity index is 495. The fraction of sp³-hybridized carbons (Fsp3) is 0.667. The molecule has 0 saturated carbocycles. The molecule has 2 fully saturated rings. The van der Waals surface area contributed by atoms with E-state index in [1.807, 2.05) is 11.0 Å². The van der Waals surface area contributed by atoms with Crippen molar-refractivity contribution in [3.05, 3.63) is 21.4 Å². The zero-order valence-corrected chi connectivity index (χ0v) is 12.9. The third kappa shape index (κ3) is 2.50. The molecule has 4 nitrogen and oxygen atoms in total. The molecule has 2 saturated heterocycles. The molecule has 0 N–H and O–H groups in total. The van der Waals surface area contributed by atoms with Crippen molar-refractivity contribution in [2.24, 2.45) is 0 Å². The monoisotopic (exact) mass is 295 g/mol. The number of hydrogen-bond acceptors (Lipinski definition) is 4. The van der Waals surface area contributed by atoms with Gasteiger partial charge in [-0.3, -0.25) is 4.79 Å². The number of aryl methyl sites for hydroxylation is 2. The van der Waals surface area contributed by atoms with Crippen molar-refractivity contribution in [2.75, 3.05) is 26.3 Å². The summed E-state index contributed by atoms with van der Waals surface area (Å²) in [6, 6.07) is 2.03. The standard InChI is InChI=1S/C15H21NO3S/c1-3-12-11(2)10-13(20-12)14(17)16-6-4-15(5-7-16)18-8-9-19-15/h10H,3-9H2,1-2H3. The van der Waals surface area contributed by atoms with Crippen molar-refractivity contribution >= 4 is 17.2 Å². The van der Waals surface area contributed by atoms with E-state index in [1.54, 1.807) is 11.3 Å². The maximum atomic E-state index is 12.5. The highest BCUT2D eigenvalue weighted by Gasteiger charge is 2.41. The van der Waals surface area contributed by atoms with E-state index in [0.29, 0.717) is 13.2 Å². The van der Waals surface area contributed by atoms with Crippen molar-refractivity contribution in [2.45, 2.75) is 38.9 Å². The highest BCUT2D eigenvalue weighted by atomic mass is 32.1. The number of piperidine rings is 1. The van der Waals surface area contributed by atoms with Gasteiger partial charge in [0.2, 0.25) is 0 Å². The van der Waals surface area contributed by atoms with Gasteiger partial charge in [0.15, 0.2) is 5.79 Å². The lowest BCUT2D eigenvalue weighted by Gasteiger charge is -2.37. The van der Waals surface area contributed by atoms with Crippen molar-refractivity contribution in [1.82, 2.24) is 4.90 Å². The fourth-order valence-electron chi connectivity index (χ4n) is 2.97. The normalized spacial score (nSPS) is 21.6.